The SMILES string of the molecule is CCc1ccc(F)c(CC#N)c1. The lowest BCUT2D eigenvalue weighted by Gasteiger charge is -2.00. The highest BCUT2D eigenvalue weighted by molar-refractivity contribution is 5.27. The van der Waals surface area contributed by atoms with E-state index in [2.05, 4.69) is 0 Å². The summed E-state index contributed by atoms with van der Waals surface area (Å²) in [5.41, 5.74) is 1.57. The monoisotopic (exact) mass is 163 g/mol. The van der Waals surface area contributed by atoms with Crippen LogP contribution >= 0.6 is 0 Å². The average molecular weight is 163 g/mol. The van der Waals surface area contributed by atoms with Gasteiger partial charge in [-0.1, -0.05) is 19.1 Å². The lowest BCUT2D eigenvalue weighted by atomic mass is 10.1. The van der Waals surface area contributed by atoms with Gasteiger partial charge in [-0.2, -0.15) is 5.26 Å². The number of hydrogen-bond donors (Lipinski definition) is 0. The van der Waals surface area contributed by atoms with Crippen LogP contribution < -0.4 is 0 Å². The maximum absolute atomic E-state index is 12.9. The third-order valence-electron chi connectivity index (χ3n) is 1.79. The highest BCUT2D eigenvalue weighted by Gasteiger charge is 2.01. The molecule has 0 aromatic heterocycles. The van der Waals surface area contributed by atoms with Crippen molar-refractivity contribution in [3.63, 3.8) is 0 Å². The van der Waals surface area contributed by atoms with Crippen LogP contribution in [-0.2, 0) is 12.8 Å². The van der Waals surface area contributed by atoms with E-state index < -0.39 is 0 Å². The molecule has 0 saturated heterocycles. The molecule has 1 rings (SSSR count). The van der Waals surface area contributed by atoms with Crippen molar-refractivity contribution in [2.45, 2.75) is 19.8 Å². The van der Waals surface area contributed by atoms with Crippen molar-refractivity contribution in [1.82, 2.24) is 0 Å². The fraction of sp³-hybridized carbons (Fsp3) is 0.300. The second-order valence-electron chi connectivity index (χ2n) is 2.61. The number of halogens is 1. The lowest BCUT2D eigenvalue weighted by molar-refractivity contribution is 0.614. The number of aryl methyl sites for hydroxylation is 1. The zero-order valence-electron chi connectivity index (χ0n) is 6.97. The topological polar surface area (TPSA) is 23.8 Å². The van der Waals surface area contributed by atoms with Crippen LogP contribution in [0.4, 0.5) is 4.39 Å². The number of hydrogen-bond acceptors (Lipinski definition) is 1. The summed E-state index contributed by atoms with van der Waals surface area (Å²) < 4.78 is 12.9. The predicted molar refractivity (Wildman–Crippen MR) is 45.1 cm³/mol. The van der Waals surface area contributed by atoms with Crippen molar-refractivity contribution < 1.29 is 4.39 Å². The van der Waals surface area contributed by atoms with E-state index in [9.17, 15) is 4.39 Å². The van der Waals surface area contributed by atoms with Gasteiger partial charge in [-0.3, -0.25) is 0 Å². The Balaban J connectivity index is 3.01. The van der Waals surface area contributed by atoms with Gasteiger partial charge in [0, 0.05) is 5.56 Å². The lowest BCUT2D eigenvalue weighted by Crippen LogP contribution is -1.90. The van der Waals surface area contributed by atoms with Crippen molar-refractivity contribution in [1.29, 1.82) is 5.26 Å². The second-order valence-corrected chi connectivity index (χ2v) is 2.61. The van der Waals surface area contributed by atoms with Crippen LogP contribution in [0.2, 0.25) is 0 Å². The number of nitriles is 1. The van der Waals surface area contributed by atoms with Crippen LogP contribution in [0.3, 0.4) is 0 Å². The van der Waals surface area contributed by atoms with Crippen LogP contribution in [0, 0.1) is 17.1 Å². The summed E-state index contributed by atoms with van der Waals surface area (Å²) in [6, 6.07) is 6.85. The number of rotatable bonds is 2. The standard InChI is InChI=1S/C10H10FN/c1-2-8-3-4-10(11)9(7-8)5-6-12/h3-4,7H,2,5H2,1H3. The first kappa shape index (κ1) is 8.73. The Kier molecular flexibility index (Phi) is 2.82. The van der Waals surface area contributed by atoms with Gasteiger partial charge >= 0.3 is 0 Å². The van der Waals surface area contributed by atoms with Crippen molar-refractivity contribution in [2.75, 3.05) is 0 Å². The molecule has 0 radical (unpaired) electrons. The summed E-state index contributed by atoms with van der Waals surface area (Å²) in [4.78, 5) is 0. The van der Waals surface area contributed by atoms with E-state index in [-0.39, 0.29) is 12.2 Å². The van der Waals surface area contributed by atoms with Crippen molar-refractivity contribution in [2.24, 2.45) is 0 Å². The molecule has 0 fully saturated rings. The first-order chi connectivity index (χ1) is 5.77. The van der Waals surface area contributed by atoms with Crippen LogP contribution in [-0.4, -0.2) is 0 Å². The first-order valence-corrected chi connectivity index (χ1v) is 3.92. The summed E-state index contributed by atoms with van der Waals surface area (Å²) in [5, 5.41) is 8.39. The minimum Gasteiger partial charge on any atom is -0.207 e. The van der Waals surface area contributed by atoms with E-state index >= 15 is 0 Å². The Morgan fingerprint density at radius 1 is 1.50 bits per heavy atom. The molecule has 0 saturated carbocycles. The van der Waals surface area contributed by atoms with Gasteiger partial charge < -0.3 is 0 Å². The van der Waals surface area contributed by atoms with Gasteiger partial charge in [0.05, 0.1) is 12.5 Å². The summed E-state index contributed by atoms with van der Waals surface area (Å²) in [6.07, 6.45) is 1.03. The molecule has 0 aliphatic heterocycles. The molecule has 0 aliphatic rings. The van der Waals surface area contributed by atoms with Crippen LogP contribution in [0.5, 0.6) is 0 Å². The van der Waals surface area contributed by atoms with Gasteiger partial charge in [0.1, 0.15) is 5.82 Å². The molecule has 0 bridgehead atoms. The molecular formula is C10H10FN. The Morgan fingerprint density at radius 3 is 2.83 bits per heavy atom. The first-order valence-electron chi connectivity index (χ1n) is 3.92. The Morgan fingerprint density at radius 2 is 2.25 bits per heavy atom. The normalized spacial score (nSPS) is 9.42. The maximum Gasteiger partial charge on any atom is 0.127 e. The second kappa shape index (κ2) is 3.87. The van der Waals surface area contributed by atoms with Crippen molar-refractivity contribution >= 4 is 0 Å². The van der Waals surface area contributed by atoms with Gasteiger partial charge in [-0.25, -0.2) is 4.39 Å². The van der Waals surface area contributed by atoms with Crippen LogP contribution in [0.1, 0.15) is 18.1 Å². The fourth-order valence-corrected chi connectivity index (χ4v) is 1.07. The zero-order valence-corrected chi connectivity index (χ0v) is 6.97. The predicted octanol–water partition coefficient (Wildman–Crippen LogP) is 2.45. The number of benzene rings is 1. The Hall–Kier alpha value is -1.36. The van der Waals surface area contributed by atoms with Gasteiger partial charge in [-0.15, -0.1) is 0 Å². The quantitative estimate of drug-likeness (QED) is 0.657. The molecule has 1 nitrogen and oxygen atoms in total. The van der Waals surface area contributed by atoms with Gasteiger partial charge in [-0.05, 0) is 18.1 Å². The Bertz CT molecular complexity index is 312. The third-order valence-corrected chi connectivity index (χ3v) is 1.79. The van der Waals surface area contributed by atoms with Gasteiger partial charge in [0.25, 0.3) is 0 Å². The van der Waals surface area contributed by atoms with E-state index in [1.165, 1.54) is 6.07 Å². The van der Waals surface area contributed by atoms with E-state index in [0.717, 1.165) is 12.0 Å². The Labute approximate surface area is 71.4 Å². The van der Waals surface area contributed by atoms with E-state index in [1.54, 1.807) is 12.1 Å². The van der Waals surface area contributed by atoms with E-state index in [0.29, 0.717) is 5.56 Å². The highest BCUT2D eigenvalue weighted by Crippen LogP contribution is 2.11. The summed E-state index contributed by atoms with van der Waals surface area (Å²) in [6.45, 7) is 2.00. The molecule has 2 heteroatoms. The molecule has 0 amide bonds. The molecule has 1 aromatic rings. The number of nitrogens with zero attached hydrogens (tertiary/aromatic N) is 1. The molecule has 0 N–H and O–H groups in total. The van der Waals surface area contributed by atoms with Crippen molar-refractivity contribution in [3.05, 3.63) is 35.1 Å². The molecule has 62 valence electrons. The summed E-state index contributed by atoms with van der Waals surface area (Å²) >= 11 is 0. The van der Waals surface area contributed by atoms with Crippen LogP contribution in [0.15, 0.2) is 18.2 Å². The average Bonchev–Trinajstić information content (AvgIpc) is 2.09. The molecule has 0 heterocycles. The largest absolute Gasteiger partial charge is 0.207 e. The summed E-state index contributed by atoms with van der Waals surface area (Å²) in [7, 11) is 0. The smallest absolute Gasteiger partial charge is 0.127 e. The zero-order chi connectivity index (χ0) is 8.97. The fourth-order valence-electron chi connectivity index (χ4n) is 1.07. The van der Waals surface area contributed by atoms with Crippen LogP contribution in [0.25, 0.3) is 0 Å². The van der Waals surface area contributed by atoms with Gasteiger partial charge in [0.15, 0.2) is 0 Å². The summed E-state index contributed by atoms with van der Waals surface area (Å²) in [5.74, 6) is -0.284. The molecule has 12 heavy (non-hydrogen) atoms. The molecule has 0 atom stereocenters. The molecule has 0 unspecified atom stereocenters. The highest BCUT2D eigenvalue weighted by atomic mass is 19.1. The van der Waals surface area contributed by atoms with E-state index in [1.807, 2.05) is 13.0 Å². The third kappa shape index (κ3) is 1.82. The minimum absolute atomic E-state index is 0.152. The molecular weight excluding hydrogens is 153 g/mol. The molecule has 1 aromatic carbocycles. The molecule has 0 spiro atoms. The molecule has 0 aliphatic carbocycles. The minimum atomic E-state index is -0.284. The van der Waals surface area contributed by atoms with E-state index in [4.69, 9.17) is 5.26 Å². The van der Waals surface area contributed by atoms with Crippen molar-refractivity contribution in [3.8, 4) is 6.07 Å². The maximum atomic E-state index is 12.9. The van der Waals surface area contributed by atoms with Gasteiger partial charge in [0.2, 0.25) is 0 Å².